The molecule has 4 fully saturated rings. The molecule has 4 aliphatic rings. The number of rotatable bonds is 8. The summed E-state index contributed by atoms with van der Waals surface area (Å²) < 4.78 is 3.05. The molecule has 0 atom stereocenters. The standard InChI is InChI=1S/2C16H40S4Si5/c2*1-21(2,3)15(22(4,5)6)13-14-16(23(7,8)9,24(10,11)12)25(15)19-17-18-20-25/h2*13-14H2,1-12H3. The van der Waals surface area contributed by atoms with Crippen molar-refractivity contribution >= 4 is 158 Å². The summed E-state index contributed by atoms with van der Waals surface area (Å²) >= 11 is 0. The maximum Gasteiger partial charge on any atom is 0.207 e. The summed E-state index contributed by atoms with van der Waals surface area (Å²) in [4.78, 5) is 0. The number of hydrogen-bond donors (Lipinski definition) is 0. The van der Waals surface area contributed by atoms with Gasteiger partial charge in [0.25, 0.3) is 0 Å². The quantitative estimate of drug-likeness (QED) is 0.172. The van der Waals surface area contributed by atoms with Crippen LogP contribution in [0.1, 0.15) is 25.7 Å². The molecule has 0 saturated carbocycles. The third-order valence-electron chi connectivity index (χ3n) is 14.9. The van der Waals surface area contributed by atoms with Crippen LogP contribution in [0.5, 0.6) is 0 Å². The van der Waals surface area contributed by atoms with E-state index in [1.165, 1.54) is 0 Å². The SMILES string of the molecule is C[Si](C)(C)C1([Si](C)(C)C)CCC([Si](C)(C)C)([Si](C)(C)C)[Si]12SSSS2.C[Si](C)(C)C1([Si](C)(C)C)CCC([Si](C)(C)C)([Si](C)(C)C)[Si]12SSSS2. The average Bonchev–Trinajstić information content (AvgIpc) is 3.61. The molecule has 0 aliphatic carbocycles. The van der Waals surface area contributed by atoms with Crippen LogP contribution < -0.4 is 0 Å². The highest BCUT2D eigenvalue weighted by atomic mass is 33.8. The van der Waals surface area contributed by atoms with Crippen molar-refractivity contribution in [3.8, 4) is 0 Å². The molecule has 0 unspecified atom stereocenters. The molecule has 0 amide bonds. The normalized spacial score (nSPS) is 26.4. The number of hydrogen-bond acceptors (Lipinski definition) is 8. The summed E-state index contributed by atoms with van der Waals surface area (Å²) in [6.07, 6.45) is 3.21. The Labute approximate surface area is 353 Å². The Balaban J connectivity index is 0.000000270. The van der Waals surface area contributed by atoms with Crippen LogP contribution in [0.4, 0.5) is 0 Å². The third-order valence-corrected chi connectivity index (χ3v) is 140. The average molecular weight is 1000 g/mol. The lowest BCUT2D eigenvalue weighted by molar-refractivity contribution is 0.763. The molecule has 4 aliphatic heterocycles. The fourth-order valence-corrected chi connectivity index (χ4v) is 224. The monoisotopic (exact) mass is 1000 g/mol. The van der Waals surface area contributed by atoms with Crippen molar-refractivity contribution < 1.29 is 0 Å². The molecule has 296 valence electrons. The van der Waals surface area contributed by atoms with Gasteiger partial charge < -0.3 is 0 Å². The lowest BCUT2D eigenvalue weighted by atomic mass is 10.4. The molecule has 2 spiro atoms. The smallest absolute Gasteiger partial charge is 0.0943 e. The van der Waals surface area contributed by atoms with Gasteiger partial charge in [-0.05, 0) is 56.4 Å². The highest BCUT2D eigenvalue weighted by Crippen LogP contribution is 2.89. The molecule has 0 nitrogen and oxygen atoms in total. The van der Waals surface area contributed by atoms with Crippen LogP contribution in [0.25, 0.3) is 0 Å². The molecular weight excluding hydrogens is 922 g/mol. The van der Waals surface area contributed by atoms with Crippen molar-refractivity contribution in [3.05, 3.63) is 0 Å². The van der Waals surface area contributed by atoms with Crippen LogP contribution in [0.2, 0.25) is 174 Å². The fraction of sp³-hybridized carbons (Fsp3) is 1.00. The van der Waals surface area contributed by atoms with E-state index in [1.54, 1.807) is 25.7 Å². The second-order valence-corrected chi connectivity index (χ2v) is 104. The van der Waals surface area contributed by atoms with Gasteiger partial charge in [-0.25, -0.2) is 0 Å². The van der Waals surface area contributed by atoms with Crippen LogP contribution in [0, 0.1) is 0 Å². The molecule has 0 aromatic rings. The Kier molecular flexibility index (Phi) is 14.7. The molecule has 4 heterocycles. The minimum atomic E-state index is -1.56. The highest BCUT2D eigenvalue weighted by molar-refractivity contribution is 9.42. The first-order valence-corrected chi connectivity index (χ1v) is 63.8. The Hall–Kier alpha value is 4.97. The van der Waals surface area contributed by atoms with Crippen LogP contribution in [-0.4, -0.2) is 77.3 Å². The van der Waals surface area contributed by atoms with Gasteiger partial charge in [0.15, 0.2) is 0 Å². The second kappa shape index (κ2) is 14.9. The Morgan fingerprint density at radius 1 is 0.260 bits per heavy atom. The van der Waals surface area contributed by atoms with Crippen molar-refractivity contribution in [2.45, 2.75) is 200 Å². The van der Waals surface area contributed by atoms with Gasteiger partial charge in [-0.15, -0.1) is 0 Å². The van der Waals surface area contributed by atoms with E-state index in [0.717, 1.165) is 17.1 Å². The summed E-state index contributed by atoms with van der Waals surface area (Å²) in [7, 11) is 8.37. The van der Waals surface area contributed by atoms with E-state index < -0.39 is 77.3 Å². The van der Waals surface area contributed by atoms with Gasteiger partial charge in [0.05, 0.1) is 0 Å². The first-order chi connectivity index (χ1) is 21.8. The largest absolute Gasteiger partial charge is 0.207 e. The van der Waals surface area contributed by atoms with E-state index in [-0.39, 0.29) is 0 Å². The van der Waals surface area contributed by atoms with E-state index in [0.29, 0.717) is 0 Å². The van der Waals surface area contributed by atoms with Crippen molar-refractivity contribution in [3.63, 3.8) is 0 Å². The molecule has 0 aromatic heterocycles. The molecule has 0 radical (unpaired) electrons. The Morgan fingerprint density at radius 3 is 0.480 bits per heavy atom. The minimum Gasteiger partial charge on any atom is -0.0943 e. The van der Waals surface area contributed by atoms with Crippen molar-refractivity contribution in [1.29, 1.82) is 0 Å². The van der Waals surface area contributed by atoms with Gasteiger partial charge in [0.2, 0.25) is 12.7 Å². The molecule has 0 aromatic carbocycles. The maximum atomic E-state index is 2.75. The Morgan fingerprint density at radius 2 is 0.380 bits per heavy atom. The summed E-state index contributed by atoms with van der Waals surface area (Å²) in [5, 5.41) is 0. The molecule has 50 heavy (non-hydrogen) atoms. The molecule has 0 bridgehead atoms. The van der Waals surface area contributed by atoms with Crippen LogP contribution in [-0.2, 0) is 0 Å². The van der Waals surface area contributed by atoms with E-state index in [2.05, 4.69) is 237 Å². The molecule has 4 saturated heterocycles. The summed E-state index contributed by atoms with van der Waals surface area (Å²) in [6, 6.07) is 0. The van der Waals surface area contributed by atoms with Crippen LogP contribution >= 0.6 is 80.3 Å². The summed E-state index contributed by atoms with van der Waals surface area (Å²) in [5.41, 5.74) is 0. The highest BCUT2D eigenvalue weighted by Gasteiger charge is 2.84. The molecule has 0 N–H and O–H groups in total. The molecule has 18 heteroatoms. The van der Waals surface area contributed by atoms with Gasteiger partial charge in [-0.3, -0.25) is 0 Å². The van der Waals surface area contributed by atoms with E-state index in [4.69, 9.17) is 0 Å². The van der Waals surface area contributed by atoms with E-state index in [9.17, 15) is 0 Å². The first kappa shape index (κ1) is 49.3. The first-order valence-electron chi connectivity index (χ1n) is 19.2. The van der Waals surface area contributed by atoms with E-state index >= 15 is 0 Å². The van der Waals surface area contributed by atoms with E-state index in [1.807, 2.05) is 0 Å². The molecular formula is C32H80S8Si10. The fourth-order valence-electron chi connectivity index (χ4n) is 14.4. The van der Waals surface area contributed by atoms with Gasteiger partial charge >= 0.3 is 0 Å². The summed E-state index contributed by atoms with van der Waals surface area (Å²) in [5.74, 6) is 0. The van der Waals surface area contributed by atoms with Crippen LogP contribution in [0.3, 0.4) is 0 Å². The predicted octanol–water partition coefficient (Wildman–Crippen LogP) is 17.8. The lowest BCUT2D eigenvalue weighted by Gasteiger charge is -2.64. The topological polar surface area (TPSA) is 0 Å². The third kappa shape index (κ3) is 6.81. The predicted molar refractivity (Wildman–Crippen MR) is 288 cm³/mol. The maximum absolute atomic E-state index is 2.75. The zero-order valence-corrected chi connectivity index (χ0v) is 53.6. The van der Waals surface area contributed by atoms with Gasteiger partial charge in [0, 0.05) is 64.6 Å². The minimum absolute atomic E-state index is 0.763. The summed E-state index contributed by atoms with van der Waals surface area (Å²) in [6.45, 7) is 66.0. The Bertz CT molecular complexity index is 993. The van der Waals surface area contributed by atoms with Gasteiger partial charge in [-0.1, -0.05) is 224 Å². The zero-order chi connectivity index (χ0) is 39.5. The molecule has 4 rings (SSSR count). The van der Waals surface area contributed by atoms with Crippen LogP contribution in [0.15, 0.2) is 0 Å². The zero-order valence-electron chi connectivity index (χ0n) is 37.1. The second-order valence-electron chi connectivity index (χ2n) is 24.5. The lowest BCUT2D eigenvalue weighted by Crippen LogP contribution is -2.72. The van der Waals surface area contributed by atoms with Crippen molar-refractivity contribution in [1.82, 2.24) is 0 Å². The van der Waals surface area contributed by atoms with Gasteiger partial charge in [0.1, 0.15) is 0 Å². The van der Waals surface area contributed by atoms with Gasteiger partial charge in [-0.2, -0.15) is 0 Å². The van der Waals surface area contributed by atoms with Crippen molar-refractivity contribution in [2.75, 3.05) is 0 Å². The van der Waals surface area contributed by atoms with Crippen molar-refractivity contribution in [2.24, 2.45) is 0 Å².